The van der Waals surface area contributed by atoms with Crippen molar-refractivity contribution in [3.05, 3.63) is 17.5 Å². The van der Waals surface area contributed by atoms with Gasteiger partial charge in [0.2, 0.25) is 11.9 Å². The van der Waals surface area contributed by atoms with Crippen LogP contribution in [0.2, 0.25) is 0 Å². The van der Waals surface area contributed by atoms with E-state index in [1.807, 2.05) is 11.6 Å². The van der Waals surface area contributed by atoms with Crippen LogP contribution in [0.3, 0.4) is 0 Å². The Morgan fingerprint density at radius 1 is 1.07 bits per heavy atom. The van der Waals surface area contributed by atoms with Crippen LogP contribution in [0.5, 0.6) is 6.01 Å². The summed E-state index contributed by atoms with van der Waals surface area (Å²) >= 11 is 0. The fourth-order valence-corrected chi connectivity index (χ4v) is 3.43. The van der Waals surface area contributed by atoms with Crippen LogP contribution in [0.1, 0.15) is 70.7 Å². The number of nitrogens with zero attached hydrogens (tertiary/aromatic N) is 6. The van der Waals surface area contributed by atoms with Crippen molar-refractivity contribution in [2.45, 2.75) is 71.9 Å². The highest BCUT2D eigenvalue weighted by Crippen LogP contribution is 2.25. The molecule has 1 unspecified atom stereocenters. The molecule has 0 bridgehead atoms. The van der Waals surface area contributed by atoms with Crippen LogP contribution in [-0.4, -0.2) is 44.9 Å². The zero-order valence-electron chi connectivity index (χ0n) is 18.0. The Morgan fingerprint density at radius 2 is 1.75 bits per heavy atom. The topological polar surface area (TPSA) is 81.0 Å². The van der Waals surface area contributed by atoms with Crippen LogP contribution in [-0.2, 0) is 5.54 Å². The van der Waals surface area contributed by atoms with Crippen molar-refractivity contribution in [1.82, 2.24) is 24.7 Å². The maximum atomic E-state index is 5.33. The van der Waals surface area contributed by atoms with Gasteiger partial charge in [0.1, 0.15) is 0 Å². The summed E-state index contributed by atoms with van der Waals surface area (Å²) < 4.78 is 7.34. The average Bonchev–Trinajstić information content (AvgIpc) is 2.87. The summed E-state index contributed by atoms with van der Waals surface area (Å²) in [5.41, 5.74) is 2.08. The van der Waals surface area contributed by atoms with Crippen molar-refractivity contribution in [2.24, 2.45) is 0 Å². The average molecular weight is 388 g/mol. The summed E-state index contributed by atoms with van der Waals surface area (Å²) in [6.45, 7) is 12.5. The Labute approximate surface area is 167 Å². The molecule has 1 fully saturated rings. The highest BCUT2D eigenvalue weighted by Gasteiger charge is 2.21. The molecule has 154 valence electrons. The summed E-state index contributed by atoms with van der Waals surface area (Å²) in [5, 5.41) is 8.08. The van der Waals surface area contributed by atoms with Crippen LogP contribution in [0.25, 0.3) is 0 Å². The second-order valence-electron chi connectivity index (χ2n) is 8.50. The smallest absolute Gasteiger partial charge is 0.322 e. The number of hydrogen-bond donors (Lipinski definition) is 1. The normalized spacial score (nSPS) is 16.6. The van der Waals surface area contributed by atoms with E-state index in [1.165, 1.54) is 25.7 Å². The predicted molar refractivity (Wildman–Crippen MR) is 111 cm³/mol. The van der Waals surface area contributed by atoms with E-state index in [4.69, 9.17) is 4.74 Å². The van der Waals surface area contributed by atoms with Crippen LogP contribution >= 0.6 is 0 Å². The number of ether oxygens (including phenoxy) is 1. The molecule has 0 amide bonds. The van der Waals surface area contributed by atoms with Gasteiger partial charge in [-0.25, -0.2) is 0 Å². The lowest BCUT2D eigenvalue weighted by atomic mass is 10.1. The zero-order valence-corrected chi connectivity index (χ0v) is 18.0. The molecule has 2 aromatic rings. The lowest BCUT2D eigenvalue weighted by Crippen LogP contribution is -2.27. The van der Waals surface area contributed by atoms with Gasteiger partial charge >= 0.3 is 6.01 Å². The van der Waals surface area contributed by atoms with E-state index in [0.717, 1.165) is 24.3 Å². The molecule has 8 heteroatoms. The monoisotopic (exact) mass is 387 g/mol. The molecule has 0 aromatic carbocycles. The van der Waals surface area contributed by atoms with Gasteiger partial charge in [0.15, 0.2) is 0 Å². The van der Waals surface area contributed by atoms with Crippen LogP contribution < -0.4 is 15.0 Å². The van der Waals surface area contributed by atoms with Crippen molar-refractivity contribution in [1.29, 1.82) is 0 Å². The molecule has 2 aromatic heterocycles. The minimum Gasteiger partial charge on any atom is -0.467 e. The molecule has 3 heterocycles. The highest BCUT2D eigenvalue weighted by atomic mass is 16.5. The summed E-state index contributed by atoms with van der Waals surface area (Å²) in [7, 11) is 1.59. The van der Waals surface area contributed by atoms with Crippen molar-refractivity contribution in [3.63, 3.8) is 0 Å². The molecular weight excluding hydrogens is 354 g/mol. The van der Waals surface area contributed by atoms with Crippen LogP contribution in [0.15, 0.2) is 6.20 Å². The quantitative estimate of drug-likeness (QED) is 0.838. The van der Waals surface area contributed by atoms with E-state index in [-0.39, 0.29) is 11.6 Å². The molecule has 8 nitrogen and oxygen atoms in total. The van der Waals surface area contributed by atoms with E-state index < -0.39 is 0 Å². The fourth-order valence-electron chi connectivity index (χ4n) is 3.43. The molecular formula is C20H33N7O. The van der Waals surface area contributed by atoms with E-state index in [0.29, 0.717) is 17.9 Å². The van der Waals surface area contributed by atoms with E-state index in [2.05, 4.69) is 64.2 Å². The summed E-state index contributed by atoms with van der Waals surface area (Å²) in [6, 6.07) is 0.353. The summed E-state index contributed by atoms with van der Waals surface area (Å²) in [5.74, 6) is 1.21. The first kappa shape index (κ1) is 20.4. The van der Waals surface area contributed by atoms with Gasteiger partial charge in [-0.1, -0.05) is 12.8 Å². The minimum absolute atomic E-state index is 0.0141. The number of anilines is 2. The number of aryl methyl sites for hydroxylation is 1. The van der Waals surface area contributed by atoms with E-state index in [1.54, 1.807) is 7.11 Å². The van der Waals surface area contributed by atoms with Gasteiger partial charge in [0.25, 0.3) is 0 Å². The fraction of sp³-hybridized carbons (Fsp3) is 0.700. The summed E-state index contributed by atoms with van der Waals surface area (Å²) in [4.78, 5) is 15.8. The SMILES string of the molecule is COc1nc(NC(C)c2cn(C(C)(C)C)nc2C)nc(N2CCCCCC2)n1. The number of hydrogen-bond acceptors (Lipinski definition) is 7. The number of aromatic nitrogens is 5. The van der Waals surface area contributed by atoms with Gasteiger partial charge in [-0.05, 0) is 47.5 Å². The van der Waals surface area contributed by atoms with Gasteiger partial charge in [-0.15, -0.1) is 0 Å². The number of methoxy groups -OCH3 is 1. The predicted octanol–water partition coefficient (Wildman–Crippen LogP) is 3.69. The maximum Gasteiger partial charge on any atom is 0.322 e. The van der Waals surface area contributed by atoms with Crippen molar-refractivity contribution >= 4 is 11.9 Å². The maximum absolute atomic E-state index is 5.33. The molecule has 1 N–H and O–H groups in total. The van der Waals surface area contributed by atoms with Crippen molar-refractivity contribution in [2.75, 3.05) is 30.4 Å². The van der Waals surface area contributed by atoms with Gasteiger partial charge in [0.05, 0.1) is 24.4 Å². The molecule has 1 atom stereocenters. The third kappa shape index (κ3) is 4.72. The van der Waals surface area contributed by atoms with Gasteiger partial charge in [-0.2, -0.15) is 20.1 Å². The number of rotatable bonds is 5. The minimum atomic E-state index is -0.0565. The van der Waals surface area contributed by atoms with Crippen LogP contribution in [0.4, 0.5) is 11.9 Å². The molecule has 1 saturated heterocycles. The molecule has 0 spiro atoms. The largest absolute Gasteiger partial charge is 0.467 e. The van der Waals surface area contributed by atoms with Gasteiger partial charge in [-0.3, -0.25) is 4.68 Å². The Kier molecular flexibility index (Phi) is 6.05. The van der Waals surface area contributed by atoms with Crippen LogP contribution in [0, 0.1) is 6.92 Å². The van der Waals surface area contributed by atoms with Gasteiger partial charge < -0.3 is 15.0 Å². The molecule has 3 rings (SSSR count). The first-order valence-corrected chi connectivity index (χ1v) is 10.2. The second kappa shape index (κ2) is 8.32. The first-order valence-electron chi connectivity index (χ1n) is 10.2. The number of nitrogens with one attached hydrogen (secondary N) is 1. The molecule has 1 aliphatic rings. The Bertz CT molecular complexity index is 788. The molecule has 28 heavy (non-hydrogen) atoms. The second-order valence-corrected chi connectivity index (χ2v) is 8.50. The van der Waals surface area contributed by atoms with E-state index >= 15 is 0 Å². The Balaban J connectivity index is 1.83. The molecule has 0 aliphatic carbocycles. The van der Waals surface area contributed by atoms with E-state index in [9.17, 15) is 0 Å². The third-order valence-corrected chi connectivity index (χ3v) is 5.11. The highest BCUT2D eigenvalue weighted by molar-refractivity contribution is 5.40. The van der Waals surface area contributed by atoms with Crippen molar-refractivity contribution in [3.8, 4) is 6.01 Å². The Hall–Kier alpha value is -2.38. The zero-order chi connectivity index (χ0) is 20.3. The summed E-state index contributed by atoms with van der Waals surface area (Å²) in [6.07, 6.45) is 6.95. The molecule has 0 radical (unpaired) electrons. The first-order chi connectivity index (χ1) is 13.3. The lowest BCUT2D eigenvalue weighted by molar-refractivity contribution is 0.354. The molecule has 0 saturated carbocycles. The standard InChI is InChI=1S/C20H33N7O/c1-14(16-13-27(20(3,4)5)25-15(16)2)21-17-22-18(24-19(23-17)28-6)26-11-9-7-8-10-12-26/h13-14H,7-12H2,1-6H3,(H,21,22,23,24). The van der Waals surface area contributed by atoms with Crippen molar-refractivity contribution < 1.29 is 4.74 Å². The third-order valence-electron chi connectivity index (χ3n) is 5.11. The Morgan fingerprint density at radius 3 is 2.32 bits per heavy atom. The molecule has 1 aliphatic heterocycles. The van der Waals surface area contributed by atoms with Gasteiger partial charge in [0, 0.05) is 24.8 Å². The lowest BCUT2D eigenvalue weighted by Gasteiger charge is -2.21.